The van der Waals surface area contributed by atoms with Crippen LogP contribution in [0.5, 0.6) is 0 Å². The first-order valence-electron chi connectivity index (χ1n) is 3.13. The molecule has 0 saturated heterocycles. The molecule has 0 atom stereocenters. The summed E-state index contributed by atoms with van der Waals surface area (Å²) in [5.74, 6) is 0. The quantitative estimate of drug-likeness (QED) is 0.423. The van der Waals surface area contributed by atoms with Gasteiger partial charge in [0.25, 0.3) is 0 Å². The average molecular weight is 116 g/mol. The predicted octanol–water partition coefficient (Wildman–Crippen LogP) is 1.71. The van der Waals surface area contributed by atoms with Gasteiger partial charge in [0.2, 0.25) is 0 Å². The number of hydrogen-bond donors (Lipinski definition) is 2. The van der Waals surface area contributed by atoms with E-state index in [2.05, 4.69) is 6.92 Å². The minimum absolute atomic E-state index is 0.963. The zero-order valence-corrected chi connectivity index (χ0v) is 5.35. The first-order valence-corrected chi connectivity index (χ1v) is 3.13. The number of hydroxylamine groups is 1. The van der Waals surface area contributed by atoms with E-state index in [1.165, 1.54) is 19.3 Å². The van der Waals surface area contributed by atoms with Crippen molar-refractivity contribution in [1.29, 1.82) is 0 Å². The Labute approximate surface area is 50.9 Å². The van der Waals surface area contributed by atoms with E-state index in [4.69, 9.17) is 5.21 Å². The topological polar surface area (TPSA) is 32.3 Å². The molecule has 0 aromatic heterocycles. The van der Waals surface area contributed by atoms with Gasteiger partial charge in [0.05, 0.1) is 0 Å². The molecule has 8 heavy (non-hydrogen) atoms. The molecule has 0 aromatic rings. The van der Waals surface area contributed by atoms with Crippen molar-refractivity contribution in [1.82, 2.24) is 5.48 Å². The van der Waals surface area contributed by atoms with Crippen LogP contribution in [0.3, 0.4) is 0 Å². The van der Waals surface area contributed by atoms with Crippen LogP contribution in [-0.4, -0.2) is 5.21 Å². The third-order valence-electron chi connectivity index (χ3n) is 1.04. The Balaban J connectivity index is 2.53. The second kappa shape index (κ2) is 6.92. The molecule has 0 spiro atoms. The molecule has 0 bridgehead atoms. The van der Waals surface area contributed by atoms with Crippen LogP contribution >= 0.6 is 0 Å². The monoisotopic (exact) mass is 116 g/mol. The molecule has 0 heterocycles. The molecule has 0 unspecified atom stereocenters. The number of hydrogen-bond acceptors (Lipinski definition) is 2. The maximum atomic E-state index is 8.06. The summed E-state index contributed by atoms with van der Waals surface area (Å²) < 4.78 is 0. The van der Waals surface area contributed by atoms with Crippen LogP contribution in [0.4, 0.5) is 0 Å². The molecule has 0 amide bonds. The maximum absolute atomic E-state index is 8.06. The van der Waals surface area contributed by atoms with Crippen molar-refractivity contribution in [3.05, 3.63) is 6.54 Å². The molecule has 0 aliphatic carbocycles. The molecule has 0 aromatic carbocycles. The zero-order chi connectivity index (χ0) is 6.24. The first-order chi connectivity index (χ1) is 3.91. The van der Waals surface area contributed by atoms with Gasteiger partial charge in [-0.25, -0.2) is 5.48 Å². The van der Waals surface area contributed by atoms with Gasteiger partial charge in [0, 0.05) is 6.54 Å². The molecular weight excluding hydrogens is 102 g/mol. The summed E-state index contributed by atoms with van der Waals surface area (Å²) in [6.45, 7) is 3.82. The van der Waals surface area contributed by atoms with E-state index < -0.39 is 0 Å². The number of nitrogens with one attached hydrogen (secondary N) is 1. The number of rotatable bonds is 5. The molecule has 0 fully saturated rings. The lowest BCUT2D eigenvalue weighted by Crippen LogP contribution is -2.00. The zero-order valence-electron chi connectivity index (χ0n) is 5.35. The fourth-order valence-electron chi connectivity index (χ4n) is 0.561. The van der Waals surface area contributed by atoms with Gasteiger partial charge < -0.3 is 5.21 Å². The fourth-order valence-corrected chi connectivity index (χ4v) is 0.561. The largest absolute Gasteiger partial charge is 0.316 e. The molecule has 1 radical (unpaired) electrons. The predicted molar refractivity (Wildman–Crippen MR) is 33.4 cm³/mol. The summed E-state index contributed by atoms with van der Waals surface area (Å²) in [6, 6.07) is 0. The lowest BCUT2D eigenvalue weighted by Gasteiger charge is -1.94. The Bertz CT molecular complexity index is 33.5. The summed E-state index contributed by atoms with van der Waals surface area (Å²) in [5, 5.41) is 8.06. The van der Waals surface area contributed by atoms with E-state index >= 15 is 0 Å². The maximum Gasteiger partial charge on any atom is 0.0495 e. The van der Waals surface area contributed by atoms with Gasteiger partial charge in [-0.05, 0) is 6.42 Å². The minimum atomic E-state index is 0.963. The summed E-state index contributed by atoms with van der Waals surface area (Å²) >= 11 is 0. The third-order valence-corrected chi connectivity index (χ3v) is 1.04. The molecule has 0 aliphatic rings. The van der Waals surface area contributed by atoms with Crippen molar-refractivity contribution >= 4 is 0 Å². The van der Waals surface area contributed by atoms with Gasteiger partial charge in [-0.15, -0.1) is 0 Å². The van der Waals surface area contributed by atoms with Crippen LogP contribution in [0.25, 0.3) is 0 Å². The van der Waals surface area contributed by atoms with E-state index in [0.717, 1.165) is 6.42 Å². The van der Waals surface area contributed by atoms with Crippen LogP contribution in [0.1, 0.15) is 32.6 Å². The molecule has 49 valence electrons. The van der Waals surface area contributed by atoms with Gasteiger partial charge in [0.15, 0.2) is 0 Å². The molecule has 0 saturated carbocycles. The van der Waals surface area contributed by atoms with E-state index in [9.17, 15) is 0 Å². The van der Waals surface area contributed by atoms with Gasteiger partial charge in [-0.1, -0.05) is 26.2 Å². The van der Waals surface area contributed by atoms with E-state index in [1.54, 1.807) is 6.54 Å². The standard InChI is InChI=1S/C6H14NO/c1-2-3-4-5-6-7-8/h6-8H,2-5H2,1H3. The van der Waals surface area contributed by atoms with Crippen LogP contribution in [-0.2, 0) is 0 Å². The number of unbranched alkanes of at least 4 members (excludes halogenated alkanes) is 3. The second-order valence-electron chi connectivity index (χ2n) is 1.83. The van der Waals surface area contributed by atoms with E-state index in [-0.39, 0.29) is 0 Å². The van der Waals surface area contributed by atoms with Crippen molar-refractivity contribution in [2.24, 2.45) is 0 Å². The summed E-state index contributed by atoms with van der Waals surface area (Å²) in [7, 11) is 0. The van der Waals surface area contributed by atoms with Crippen LogP contribution in [0.2, 0.25) is 0 Å². The molecule has 2 nitrogen and oxygen atoms in total. The average Bonchev–Trinajstić information content (AvgIpc) is 1.81. The van der Waals surface area contributed by atoms with Crippen LogP contribution in [0.15, 0.2) is 0 Å². The lowest BCUT2D eigenvalue weighted by atomic mass is 10.2. The molecule has 2 heteroatoms. The smallest absolute Gasteiger partial charge is 0.0495 e. The normalized spacial score (nSPS) is 9.75. The van der Waals surface area contributed by atoms with Crippen molar-refractivity contribution in [3.63, 3.8) is 0 Å². The highest BCUT2D eigenvalue weighted by atomic mass is 16.5. The molecule has 0 rings (SSSR count). The molecule has 0 aliphatic heterocycles. The second-order valence-corrected chi connectivity index (χ2v) is 1.83. The SMILES string of the molecule is CCCCC[CH]NO. The van der Waals surface area contributed by atoms with Crippen LogP contribution < -0.4 is 5.48 Å². The molecule has 2 N–H and O–H groups in total. The highest BCUT2D eigenvalue weighted by Gasteiger charge is 1.83. The summed E-state index contributed by atoms with van der Waals surface area (Å²) in [4.78, 5) is 0. The van der Waals surface area contributed by atoms with Crippen molar-refractivity contribution in [3.8, 4) is 0 Å². The first kappa shape index (κ1) is 7.92. The van der Waals surface area contributed by atoms with Crippen molar-refractivity contribution < 1.29 is 5.21 Å². The Hall–Kier alpha value is -0.0800. The summed E-state index contributed by atoms with van der Waals surface area (Å²) in [5.41, 5.74) is 2.00. The Morgan fingerprint density at radius 2 is 2.25 bits per heavy atom. The van der Waals surface area contributed by atoms with Gasteiger partial charge >= 0.3 is 0 Å². The summed E-state index contributed by atoms with van der Waals surface area (Å²) in [6.07, 6.45) is 4.62. The van der Waals surface area contributed by atoms with Crippen molar-refractivity contribution in [2.45, 2.75) is 32.6 Å². The van der Waals surface area contributed by atoms with Gasteiger partial charge in [-0.2, -0.15) is 0 Å². The van der Waals surface area contributed by atoms with E-state index in [0.29, 0.717) is 0 Å². The highest BCUT2D eigenvalue weighted by Crippen LogP contribution is 1.98. The van der Waals surface area contributed by atoms with E-state index in [1.807, 2.05) is 5.48 Å². The molecular formula is C6H14NO. The van der Waals surface area contributed by atoms with Gasteiger partial charge in [-0.3, -0.25) is 0 Å². The lowest BCUT2D eigenvalue weighted by molar-refractivity contribution is 0.191. The fraction of sp³-hybridized carbons (Fsp3) is 0.833. The van der Waals surface area contributed by atoms with Crippen molar-refractivity contribution in [2.75, 3.05) is 0 Å². The Kier molecular flexibility index (Phi) is 6.85. The minimum Gasteiger partial charge on any atom is -0.316 e. The highest BCUT2D eigenvalue weighted by molar-refractivity contribution is 4.53. The Morgan fingerprint density at radius 3 is 2.75 bits per heavy atom. The van der Waals surface area contributed by atoms with Gasteiger partial charge in [0.1, 0.15) is 0 Å². The third kappa shape index (κ3) is 5.92. The Morgan fingerprint density at radius 1 is 1.50 bits per heavy atom. The van der Waals surface area contributed by atoms with Crippen LogP contribution in [0, 0.1) is 6.54 Å².